The molecule has 3 amide bonds. The van der Waals surface area contributed by atoms with Crippen LogP contribution in [0.1, 0.15) is 18.9 Å². The third kappa shape index (κ3) is 6.27. The molecule has 1 aromatic carbocycles. The fraction of sp³-hybridized carbons (Fsp3) is 0.467. The number of benzene rings is 1. The predicted molar refractivity (Wildman–Crippen MR) is 81.1 cm³/mol. The van der Waals surface area contributed by atoms with Crippen LogP contribution >= 0.6 is 0 Å². The number of hydrogen-bond donors (Lipinski definition) is 2. The van der Waals surface area contributed by atoms with Crippen molar-refractivity contribution >= 4 is 11.9 Å². The van der Waals surface area contributed by atoms with Gasteiger partial charge in [0.15, 0.2) is 0 Å². The van der Waals surface area contributed by atoms with Crippen LogP contribution in [0.3, 0.4) is 0 Å². The van der Waals surface area contributed by atoms with Crippen LogP contribution in [0.25, 0.3) is 0 Å². The Morgan fingerprint density at radius 3 is 2.52 bits per heavy atom. The average Bonchev–Trinajstić information content (AvgIpc) is 2.45. The molecule has 1 aromatic rings. The molecule has 0 fully saturated rings. The van der Waals surface area contributed by atoms with Gasteiger partial charge in [-0.1, -0.05) is 17.7 Å². The lowest BCUT2D eigenvalue weighted by Gasteiger charge is -2.18. The van der Waals surface area contributed by atoms with E-state index in [0.29, 0.717) is 19.6 Å². The van der Waals surface area contributed by atoms with E-state index in [0.717, 1.165) is 10.6 Å². The zero-order valence-electron chi connectivity index (χ0n) is 12.6. The Hall–Kier alpha value is -2.08. The highest BCUT2D eigenvalue weighted by Gasteiger charge is 2.15. The maximum atomic E-state index is 11.7. The van der Waals surface area contributed by atoms with Gasteiger partial charge in [0.25, 0.3) is 0 Å². The van der Waals surface area contributed by atoms with Gasteiger partial charge in [0.2, 0.25) is 5.91 Å². The summed E-state index contributed by atoms with van der Waals surface area (Å²) in [5, 5.41) is 2.67. The van der Waals surface area contributed by atoms with Crippen LogP contribution in [0.5, 0.6) is 5.75 Å². The highest BCUT2D eigenvalue weighted by atomic mass is 16.5. The number of carbonyl (C=O) groups excluding carboxylic acids is 2. The molecular weight excluding hydrogens is 270 g/mol. The molecule has 6 nitrogen and oxygen atoms in total. The number of nitrogens with one attached hydrogen (secondary N) is 1. The van der Waals surface area contributed by atoms with Gasteiger partial charge < -0.3 is 15.8 Å². The fourth-order valence-corrected chi connectivity index (χ4v) is 1.72. The van der Waals surface area contributed by atoms with Crippen LogP contribution in [-0.2, 0) is 4.79 Å². The van der Waals surface area contributed by atoms with E-state index in [2.05, 4.69) is 5.32 Å². The van der Waals surface area contributed by atoms with Gasteiger partial charge in [0.05, 0.1) is 6.61 Å². The molecule has 0 bridgehead atoms. The molecule has 0 atom stereocenters. The lowest BCUT2D eigenvalue weighted by atomic mass is 10.2. The second kappa shape index (κ2) is 8.97. The molecule has 116 valence electrons. The minimum Gasteiger partial charge on any atom is -0.494 e. The van der Waals surface area contributed by atoms with E-state index in [1.807, 2.05) is 31.2 Å². The molecule has 0 heterocycles. The van der Waals surface area contributed by atoms with Crippen molar-refractivity contribution < 1.29 is 14.3 Å². The molecule has 21 heavy (non-hydrogen) atoms. The van der Waals surface area contributed by atoms with Crippen molar-refractivity contribution in [2.75, 3.05) is 26.2 Å². The van der Waals surface area contributed by atoms with Gasteiger partial charge >= 0.3 is 6.03 Å². The smallest absolute Gasteiger partial charge is 0.324 e. The Labute approximate surface area is 125 Å². The van der Waals surface area contributed by atoms with Crippen molar-refractivity contribution in [3.8, 4) is 5.75 Å². The number of amides is 3. The topological polar surface area (TPSA) is 84.7 Å². The van der Waals surface area contributed by atoms with Crippen LogP contribution in [0.15, 0.2) is 24.3 Å². The molecule has 0 saturated heterocycles. The summed E-state index contributed by atoms with van der Waals surface area (Å²) < 4.78 is 5.55. The third-order valence-corrected chi connectivity index (χ3v) is 2.87. The molecule has 0 aliphatic carbocycles. The Morgan fingerprint density at radius 2 is 1.95 bits per heavy atom. The first-order valence-corrected chi connectivity index (χ1v) is 7.00. The van der Waals surface area contributed by atoms with Gasteiger partial charge in [-0.2, -0.15) is 0 Å². The molecule has 3 N–H and O–H groups in total. The number of nitrogens with two attached hydrogens (primary N) is 1. The number of imide groups is 1. The molecule has 0 spiro atoms. The summed E-state index contributed by atoms with van der Waals surface area (Å²) in [7, 11) is 0. The minimum absolute atomic E-state index is 0.223. The van der Waals surface area contributed by atoms with E-state index in [1.54, 1.807) is 0 Å². The number of urea groups is 1. The maximum absolute atomic E-state index is 11.7. The van der Waals surface area contributed by atoms with Crippen LogP contribution < -0.4 is 15.8 Å². The lowest BCUT2D eigenvalue weighted by molar-refractivity contribution is -0.125. The molecule has 0 unspecified atom stereocenters. The number of carbonyl (C=O) groups is 2. The van der Waals surface area contributed by atoms with E-state index < -0.39 is 6.03 Å². The van der Waals surface area contributed by atoms with Crippen molar-refractivity contribution in [2.24, 2.45) is 5.73 Å². The number of rotatable bonds is 7. The minimum atomic E-state index is -0.414. The van der Waals surface area contributed by atoms with Crippen LogP contribution in [0, 0.1) is 6.92 Å². The van der Waals surface area contributed by atoms with Crippen molar-refractivity contribution in [1.29, 1.82) is 0 Å². The van der Waals surface area contributed by atoms with E-state index in [-0.39, 0.29) is 19.0 Å². The summed E-state index contributed by atoms with van der Waals surface area (Å²) in [6.45, 7) is 4.78. The number of ether oxygens (including phenoxy) is 1. The molecule has 6 heteroatoms. The van der Waals surface area contributed by atoms with Gasteiger partial charge in [-0.15, -0.1) is 0 Å². The van der Waals surface area contributed by atoms with Crippen molar-refractivity contribution in [3.63, 3.8) is 0 Å². The van der Waals surface area contributed by atoms with Crippen LogP contribution in [0.2, 0.25) is 0 Å². The van der Waals surface area contributed by atoms with Crippen molar-refractivity contribution in [2.45, 2.75) is 20.3 Å². The highest BCUT2D eigenvalue weighted by Crippen LogP contribution is 2.11. The number of aryl methyl sites for hydroxylation is 1. The van der Waals surface area contributed by atoms with E-state index in [4.69, 9.17) is 10.5 Å². The monoisotopic (exact) mass is 293 g/mol. The Kier molecular flexibility index (Phi) is 7.25. The van der Waals surface area contributed by atoms with E-state index >= 15 is 0 Å². The number of nitrogens with zero attached hydrogens (tertiary/aromatic N) is 1. The zero-order chi connectivity index (χ0) is 15.7. The molecule has 1 rings (SSSR count). The Bertz CT molecular complexity index is 460. The zero-order valence-corrected chi connectivity index (χ0v) is 12.6. The summed E-state index contributed by atoms with van der Waals surface area (Å²) in [5.74, 6) is 0.495. The SMILES string of the molecule is CC(=O)N(CCN)C(=O)NCCCOc1ccc(C)cc1. The maximum Gasteiger partial charge on any atom is 0.324 e. The summed E-state index contributed by atoms with van der Waals surface area (Å²) in [5.41, 5.74) is 6.54. The molecule has 0 aromatic heterocycles. The van der Waals surface area contributed by atoms with Gasteiger partial charge in [-0.25, -0.2) is 4.79 Å². The fourth-order valence-electron chi connectivity index (χ4n) is 1.72. The third-order valence-electron chi connectivity index (χ3n) is 2.87. The predicted octanol–water partition coefficient (Wildman–Crippen LogP) is 1.28. The second-order valence-electron chi connectivity index (χ2n) is 4.71. The Morgan fingerprint density at radius 1 is 1.29 bits per heavy atom. The van der Waals surface area contributed by atoms with Crippen molar-refractivity contribution in [3.05, 3.63) is 29.8 Å². The summed E-state index contributed by atoms with van der Waals surface area (Å²) in [4.78, 5) is 24.1. The van der Waals surface area contributed by atoms with Gasteiger partial charge in [0.1, 0.15) is 5.75 Å². The first-order valence-electron chi connectivity index (χ1n) is 7.00. The Balaban J connectivity index is 2.22. The molecular formula is C15H23N3O3. The molecule has 0 saturated carbocycles. The lowest BCUT2D eigenvalue weighted by Crippen LogP contribution is -2.45. The molecule has 0 aliphatic heterocycles. The quantitative estimate of drug-likeness (QED) is 0.742. The highest BCUT2D eigenvalue weighted by molar-refractivity contribution is 5.93. The summed E-state index contributed by atoms with van der Waals surface area (Å²) in [6, 6.07) is 7.37. The van der Waals surface area contributed by atoms with E-state index in [1.165, 1.54) is 12.5 Å². The average molecular weight is 293 g/mol. The first-order chi connectivity index (χ1) is 10.0. The molecule has 0 aliphatic rings. The van der Waals surface area contributed by atoms with Crippen LogP contribution in [0.4, 0.5) is 4.79 Å². The molecule has 0 radical (unpaired) electrons. The van der Waals surface area contributed by atoms with Gasteiger partial charge in [0, 0.05) is 26.6 Å². The summed E-state index contributed by atoms with van der Waals surface area (Å²) in [6.07, 6.45) is 0.661. The van der Waals surface area contributed by atoms with Crippen molar-refractivity contribution in [1.82, 2.24) is 10.2 Å². The first kappa shape index (κ1) is 17.0. The number of hydrogen-bond acceptors (Lipinski definition) is 4. The largest absolute Gasteiger partial charge is 0.494 e. The van der Waals surface area contributed by atoms with E-state index in [9.17, 15) is 9.59 Å². The normalized spacial score (nSPS) is 10.0. The standard InChI is InChI=1S/C15H23N3O3/c1-12-4-6-14(7-5-12)21-11-3-9-17-15(20)18(10-8-16)13(2)19/h4-7H,3,8-11,16H2,1-2H3,(H,17,20). The second-order valence-corrected chi connectivity index (χ2v) is 4.71. The van der Waals surface area contributed by atoms with Gasteiger partial charge in [-0.3, -0.25) is 9.69 Å². The van der Waals surface area contributed by atoms with Gasteiger partial charge in [-0.05, 0) is 25.5 Å². The van der Waals surface area contributed by atoms with Crippen LogP contribution in [-0.4, -0.2) is 43.1 Å². The summed E-state index contributed by atoms with van der Waals surface area (Å²) >= 11 is 0.